The highest BCUT2D eigenvalue weighted by atomic mass is 35.5. The Bertz CT molecular complexity index is 557. The molecule has 4 nitrogen and oxygen atoms in total. The quantitative estimate of drug-likeness (QED) is 0.402. The van der Waals surface area contributed by atoms with Crippen LogP contribution in [0, 0.1) is 5.82 Å². The average Bonchev–Trinajstić information content (AvgIpc) is 2.26. The molecule has 0 fully saturated rings. The Hall–Kier alpha value is -0.650. The zero-order valence-corrected chi connectivity index (χ0v) is 16.9. The highest BCUT2D eigenvalue weighted by molar-refractivity contribution is 6.32. The molecule has 0 aromatic carbocycles. The van der Waals surface area contributed by atoms with Crippen molar-refractivity contribution in [2.24, 2.45) is 0 Å². The number of hydrazine groups is 1. The second kappa shape index (κ2) is 6.34. The lowest BCUT2D eigenvalue weighted by Gasteiger charge is -2.56. The smallest absolute Gasteiger partial charge is 0.226 e. The molecule has 1 rings (SSSR count). The maximum atomic E-state index is 14.7. The van der Waals surface area contributed by atoms with Crippen LogP contribution in [0.25, 0.3) is 0 Å². The standard InChI is InChI=1S/C16H27Cl2FN4/c1-14(2,3)22(23(15(4,5)6)16(7,8)9)12-10(19)11(17)20-13(18)21-12/h1-9H3. The number of anilines is 1. The molecule has 0 saturated carbocycles. The van der Waals surface area contributed by atoms with Crippen molar-refractivity contribution in [2.75, 3.05) is 5.01 Å². The molecule has 0 unspecified atom stereocenters. The van der Waals surface area contributed by atoms with Crippen LogP contribution in [0.5, 0.6) is 0 Å². The van der Waals surface area contributed by atoms with Crippen molar-refractivity contribution in [1.82, 2.24) is 15.0 Å². The van der Waals surface area contributed by atoms with Crippen LogP contribution in [0.4, 0.5) is 10.2 Å². The van der Waals surface area contributed by atoms with E-state index in [1.807, 2.05) is 25.8 Å². The van der Waals surface area contributed by atoms with Gasteiger partial charge in [-0.25, -0.2) is 9.99 Å². The summed E-state index contributed by atoms with van der Waals surface area (Å²) in [6, 6.07) is 0. The first-order chi connectivity index (χ1) is 10.1. The lowest BCUT2D eigenvalue weighted by molar-refractivity contribution is 0.00163. The van der Waals surface area contributed by atoms with Gasteiger partial charge in [0.15, 0.2) is 11.0 Å². The minimum absolute atomic E-state index is 0.0762. The Morgan fingerprint density at radius 1 is 0.783 bits per heavy atom. The van der Waals surface area contributed by atoms with Gasteiger partial charge < -0.3 is 0 Å². The van der Waals surface area contributed by atoms with Crippen LogP contribution in [-0.2, 0) is 0 Å². The van der Waals surface area contributed by atoms with Gasteiger partial charge in [-0.1, -0.05) is 11.6 Å². The molecule has 0 radical (unpaired) electrons. The number of aromatic nitrogens is 2. The first-order valence-corrected chi connectivity index (χ1v) is 8.31. The molecule has 1 aromatic heterocycles. The first kappa shape index (κ1) is 20.4. The Balaban J connectivity index is 3.72. The fourth-order valence-corrected chi connectivity index (χ4v) is 3.22. The predicted molar refractivity (Wildman–Crippen MR) is 95.6 cm³/mol. The molecule has 0 amide bonds. The molecule has 0 aliphatic rings. The molecule has 1 heterocycles. The highest BCUT2D eigenvalue weighted by Crippen LogP contribution is 2.37. The Labute approximate surface area is 149 Å². The van der Waals surface area contributed by atoms with E-state index in [9.17, 15) is 4.39 Å². The van der Waals surface area contributed by atoms with Gasteiger partial charge in [-0.05, 0) is 73.9 Å². The molecule has 0 aliphatic heterocycles. The number of nitrogens with zero attached hydrogens (tertiary/aromatic N) is 4. The van der Waals surface area contributed by atoms with E-state index in [1.165, 1.54) is 0 Å². The summed E-state index contributed by atoms with van der Waals surface area (Å²) in [7, 11) is 0. The summed E-state index contributed by atoms with van der Waals surface area (Å²) in [5.74, 6) is -0.600. The Morgan fingerprint density at radius 2 is 1.22 bits per heavy atom. The van der Waals surface area contributed by atoms with Crippen molar-refractivity contribution in [3.8, 4) is 0 Å². The lowest BCUT2D eigenvalue weighted by Crippen LogP contribution is -2.66. The maximum Gasteiger partial charge on any atom is 0.226 e. The monoisotopic (exact) mass is 364 g/mol. The molecule has 0 atom stereocenters. The van der Waals surface area contributed by atoms with Crippen molar-refractivity contribution >= 4 is 29.0 Å². The topological polar surface area (TPSA) is 32.3 Å². The van der Waals surface area contributed by atoms with Crippen LogP contribution < -0.4 is 5.01 Å². The SMILES string of the molecule is CC(C)(C)N(c1nc(Cl)nc(Cl)c1F)N(C(C)(C)C)C(C)(C)C. The molecular weight excluding hydrogens is 338 g/mol. The van der Waals surface area contributed by atoms with E-state index < -0.39 is 11.4 Å². The van der Waals surface area contributed by atoms with Crippen molar-refractivity contribution in [1.29, 1.82) is 0 Å². The van der Waals surface area contributed by atoms with E-state index in [0.29, 0.717) is 0 Å². The van der Waals surface area contributed by atoms with Crippen molar-refractivity contribution in [3.63, 3.8) is 0 Å². The van der Waals surface area contributed by atoms with E-state index in [2.05, 4.69) is 56.5 Å². The van der Waals surface area contributed by atoms with Crippen LogP contribution >= 0.6 is 23.2 Å². The van der Waals surface area contributed by atoms with Gasteiger partial charge in [-0.3, -0.25) is 5.01 Å². The van der Waals surface area contributed by atoms with E-state index in [0.717, 1.165) is 0 Å². The van der Waals surface area contributed by atoms with Gasteiger partial charge in [0.2, 0.25) is 11.1 Å². The van der Waals surface area contributed by atoms with Crippen molar-refractivity contribution in [3.05, 3.63) is 16.3 Å². The third-order valence-corrected chi connectivity index (χ3v) is 3.49. The zero-order chi connectivity index (χ0) is 18.4. The molecule has 1 aromatic rings. The second-order valence-electron chi connectivity index (χ2n) is 8.56. The van der Waals surface area contributed by atoms with Crippen LogP contribution in [0.3, 0.4) is 0 Å². The van der Waals surface area contributed by atoms with Crippen LogP contribution in [-0.4, -0.2) is 31.6 Å². The third kappa shape index (κ3) is 4.68. The molecule has 0 N–H and O–H groups in total. The Morgan fingerprint density at radius 3 is 1.57 bits per heavy atom. The van der Waals surface area contributed by atoms with Crippen molar-refractivity contribution in [2.45, 2.75) is 78.9 Å². The van der Waals surface area contributed by atoms with Gasteiger partial charge in [0.25, 0.3) is 0 Å². The van der Waals surface area contributed by atoms with Gasteiger partial charge in [0.1, 0.15) is 0 Å². The molecule has 0 spiro atoms. The first-order valence-electron chi connectivity index (χ1n) is 7.56. The van der Waals surface area contributed by atoms with Crippen molar-refractivity contribution < 1.29 is 4.39 Å². The maximum absolute atomic E-state index is 14.7. The summed E-state index contributed by atoms with van der Waals surface area (Å²) < 4.78 is 14.7. The van der Waals surface area contributed by atoms with Gasteiger partial charge >= 0.3 is 0 Å². The van der Waals surface area contributed by atoms with E-state index >= 15 is 0 Å². The minimum Gasteiger partial charge on any atom is -0.281 e. The largest absolute Gasteiger partial charge is 0.281 e. The van der Waals surface area contributed by atoms with Crippen LogP contribution in [0.1, 0.15) is 62.3 Å². The van der Waals surface area contributed by atoms with E-state index in [4.69, 9.17) is 23.2 Å². The Kier molecular flexibility index (Phi) is 5.62. The van der Waals surface area contributed by atoms with Gasteiger partial charge in [-0.2, -0.15) is 9.37 Å². The van der Waals surface area contributed by atoms with Gasteiger partial charge in [0.05, 0.1) is 0 Å². The van der Waals surface area contributed by atoms with E-state index in [-0.39, 0.29) is 27.3 Å². The van der Waals surface area contributed by atoms with Gasteiger partial charge in [0, 0.05) is 16.6 Å². The second-order valence-corrected chi connectivity index (χ2v) is 9.25. The molecule has 0 bridgehead atoms. The lowest BCUT2D eigenvalue weighted by atomic mass is 9.96. The molecule has 7 heteroatoms. The normalized spacial score (nSPS) is 13.6. The summed E-state index contributed by atoms with van der Waals surface area (Å²) >= 11 is 11.8. The van der Waals surface area contributed by atoms with Gasteiger partial charge in [-0.15, -0.1) is 0 Å². The zero-order valence-electron chi connectivity index (χ0n) is 15.4. The summed E-state index contributed by atoms with van der Waals surface area (Å²) in [5, 5.41) is 3.56. The molecular formula is C16H27Cl2FN4. The molecule has 0 saturated heterocycles. The highest BCUT2D eigenvalue weighted by Gasteiger charge is 2.43. The number of halogens is 3. The molecule has 23 heavy (non-hydrogen) atoms. The van der Waals surface area contributed by atoms with E-state index in [1.54, 1.807) is 0 Å². The van der Waals surface area contributed by atoms with Crippen LogP contribution in [0.2, 0.25) is 10.4 Å². The summed E-state index contributed by atoms with van der Waals surface area (Å²) in [5.41, 5.74) is -1.04. The summed E-state index contributed by atoms with van der Waals surface area (Å²) in [6.07, 6.45) is 0. The van der Waals surface area contributed by atoms with Crippen LogP contribution in [0.15, 0.2) is 0 Å². The number of hydrogen-bond acceptors (Lipinski definition) is 4. The molecule has 132 valence electrons. The average molecular weight is 365 g/mol. The fourth-order valence-electron chi connectivity index (χ4n) is 2.84. The molecule has 0 aliphatic carbocycles. The minimum atomic E-state index is -0.676. The third-order valence-electron chi connectivity index (χ3n) is 3.07. The number of rotatable bonds is 2. The number of hydrogen-bond donors (Lipinski definition) is 0. The fraction of sp³-hybridized carbons (Fsp3) is 0.750. The summed E-state index contributed by atoms with van der Waals surface area (Å²) in [4.78, 5) is 7.81. The summed E-state index contributed by atoms with van der Waals surface area (Å²) in [6.45, 7) is 18.4. The predicted octanol–water partition coefficient (Wildman–Crippen LogP) is 5.34.